The normalized spacial score (nSPS) is 10.5. The van der Waals surface area contributed by atoms with E-state index in [1.807, 2.05) is 4.90 Å². The highest BCUT2D eigenvalue weighted by atomic mass is 35.5. The Morgan fingerprint density at radius 2 is 1.84 bits per heavy atom. The summed E-state index contributed by atoms with van der Waals surface area (Å²) in [5.41, 5.74) is 0.686. The molecule has 1 aromatic rings. The molecule has 0 aliphatic rings. The summed E-state index contributed by atoms with van der Waals surface area (Å²) >= 11 is 5.97. The Kier molecular flexibility index (Phi) is 6.62. The van der Waals surface area contributed by atoms with Crippen molar-refractivity contribution in [3.63, 3.8) is 0 Å². The zero-order valence-corrected chi connectivity index (χ0v) is 11.8. The number of nitrogens with zero attached hydrogens (tertiary/aromatic N) is 1. The third-order valence-corrected chi connectivity index (χ3v) is 2.99. The summed E-state index contributed by atoms with van der Waals surface area (Å²) < 4.78 is 10.1. The average Bonchev–Trinajstić information content (AvgIpc) is 2.38. The SMILES string of the molecule is COCCN(CCOC)c1cccc(Cl)c1C(=O)O. The Morgan fingerprint density at radius 1 is 1.26 bits per heavy atom. The van der Waals surface area contributed by atoms with Crippen molar-refractivity contribution in [3.8, 4) is 0 Å². The Balaban J connectivity index is 3.06. The van der Waals surface area contributed by atoms with E-state index in [1.165, 1.54) is 0 Å². The van der Waals surface area contributed by atoms with E-state index >= 15 is 0 Å². The van der Waals surface area contributed by atoms with E-state index in [-0.39, 0.29) is 10.6 Å². The van der Waals surface area contributed by atoms with Gasteiger partial charge in [-0.1, -0.05) is 17.7 Å². The molecule has 0 saturated heterocycles. The third kappa shape index (κ3) is 4.38. The summed E-state index contributed by atoms with van der Waals surface area (Å²) in [5.74, 6) is -1.04. The molecule has 1 N–H and O–H groups in total. The maximum Gasteiger partial charge on any atom is 0.339 e. The highest BCUT2D eigenvalue weighted by Gasteiger charge is 2.18. The van der Waals surface area contributed by atoms with Gasteiger partial charge in [-0.2, -0.15) is 0 Å². The minimum atomic E-state index is -1.04. The number of hydrogen-bond acceptors (Lipinski definition) is 4. The maximum atomic E-state index is 11.3. The number of anilines is 1. The first-order chi connectivity index (χ1) is 9.11. The molecule has 0 amide bonds. The maximum absolute atomic E-state index is 11.3. The molecule has 0 unspecified atom stereocenters. The number of methoxy groups -OCH3 is 2. The summed E-state index contributed by atoms with van der Waals surface area (Å²) in [4.78, 5) is 13.2. The molecule has 0 fully saturated rings. The van der Waals surface area contributed by atoms with Crippen molar-refractivity contribution in [1.82, 2.24) is 0 Å². The molecular formula is C13H18ClNO4. The largest absolute Gasteiger partial charge is 0.478 e. The molecule has 0 radical (unpaired) electrons. The van der Waals surface area contributed by atoms with E-state index < -0.39 is 5.97 Å². The van der Waals surface area contributed by atoms with E-state index in [4.69, 9.17) is 21.1 Å². The van der Waals surface area contributed by atoms with Gasteiger partial charge in [0.25, 0.3) is 0 Å². The van der Waals surface area contributed by atoms with Crippen LogP contribution < -0.4 is 4.90 Å². The third-order valence-electron chi connectivity index (χ3n) is 2.68. The number of carboxylic acids is 1. The second-order valence-corrected chi connectivity index (χ2v) is 4.32. The number of rotatable bonds is 8. The zero-order valence-electron chi connectivity index (χ0n) is 11.1. The van der Waals surface area contributed by atoms with Gasteiger partial charge >= 0.3 is 5.97 Å². The molecule has 0 atom stereocenters. The fourth-order valence-electron chi connectivity index (χ4n) is 1.74. The van der Waals surface area contributed by atoms with E-state index in [1.54, 1.807) is 32.4 Å². The van der Waals surface area contributed by atoms with E-state index in [0.29, 0.717) is 32.0 Å². The summed E-state index contributed by atoms with van der Waals surface area (Å²) in [6, 6.07) is 5.04. The van der Waals surface area contributed by atoms with Crippen LogP contribution in [0.2, 0.25) is 5.02 Å². The lowest BCUT2D eigenvalue weighted by Crippen LogP contribution is -2.32. The van der Waals surface area contributed by atoms with E-state index in [9.17, 15) is 9.90 Å². The van der Waals surface area contributed by atoms with Crippen molar-refractivity contribution < 1.29 is 19.4 Å². The van der Waals surface area contributed by atoms with Crippen LogP contribution in [0.5, 0.6) is 0 Å². The monoisotopic (exact) mass is 287 g/mol. The Labute approximate surface area is 117 Å². The first-order valence-corrected chi connectivity index (χ1v) is 6.24. The van der Waals surface area contributed by atoms with Crippen LogP contribution in [0.3, 0.4) is 0 Å². The van der Waals surface area contributed by atoms with Crippen LogP contribution in [0.15, 0.2) is 18.2 Å². The molecule has 1 aromatic carbocycles. The topological polar surface area (TPSA) is 59.0 Å². The second-order valence-electron chi connectivity index (χ2n) is 3.91. The molecule has 0 saturated carbocycles. The van der Waals surface area contributed by atoms with Crippen molar-refractivity contribution in [2.45, 2.75) is 0 Å². The van der Waals surface area contributed by atoms with Crippen molar-refractivity contribution in [2.75, 3.05) is 45.4 Å². The van der Waals surface area contributed by atoms with Crippen LogP contribution in [-0.4, -0.2) is 51.6 Å². The van der Waals surface area contributed by atoms with Gasteiger partial charge in [0.05, 0.1) is 23.9 Å². The van der Waals surface area contributed by atoms with Gasteiger partial charge in [0.1, 0.15) is 5.56 Å². The molecule has 0 aliphatic carbocycles. The lowest BCUT2D eigenvalue weighted by atomic mass is 10.1. The van der Waals surface area contributed by atoms with E-state index in [2.05, 4.69) is 0 Å². The van der Waals surface area contributed by atoms with Crippen molar-refractivity contribution in [1.29, 1.82) is 0 Å². The highest BCUT2D eigenvalue weighted by molar-refractivity contribution is 6.34. The second kappa shape index (κ2) is 7.99. The number of benzene rings is 1. The molecule has 1 rings (SSSR count). The van der Waals surface area contributed by atoms with Crippen LogP contribution >= 0.6 is 11.6 Å². The van der Waals surface area contributed by atoms with Crippen molar-refractivity contribution in [3.05, 3.63) is 28.8 Å². The van der Waals surface area contributed by atoms with Gasteiger partial charge in [0, 0.05) is 27.3 Å². The molecule has 0 bridgehead atoms. The molecule has 6 heteroatoms. The molecule has 0 aliphatic heterocycles. The van der Waals surface area contributed by atoms with Gasteiger partial charge in [0.15, 0.2) is 0 Å². The van der Waals surface area contributed by atoms with Gasteiger partial charge in [-0.25, -0.2) is 4.79 Å². The van der Waals surface area contributed by atoms with Crippen LogP contribution in [0.1, 0.15) is 10.4 Å². The van der Waals surface area contributed by atoms with E-state index in [0.717, 1.165) is 0 Å². The fraction of sp³-hybridized carbons (Fsp3) is 0.462. The van der Waals surface area contributed by atoms with Gasteiger partial charge in [-0.3, -0.25) is 0 Å². The van der Waals surface area contributed by atoms with Crippen LogP contribution in [0.4, 0.5) is 5.69 Å². The predicted molar refractivity (Wildman–Crippen MR) is 74.4 cm³/mol. The number of halogens is 1. The van der Waals surface area contributed by atoms with Crippen LogP contribution in [0.25, 0.3) is 0 Å². The Bertz CT molecular complexity index is 417. The van der Waals surface area contributed by atoms with Crippen molar-refractivity contribution >= 4 is 23.3 Å². The Hall–Kier alpha value is -1.30. The summed E-state index contributed by atoms with van der Waals surface area (Å²) in [6.07, 6.45) is 0. The van der Waals surface area contributed by atoms with Gasteiger partial charge in [0.2, 0.25) is 0 Å². The smallest absolute Gasteiger partial charge is 0.339 e. The first-order valence-electron chi connectivity index (χ1n) is 5.86. The van der Waals surface area contributed by atoms with Crippen LogP contribution in [-0.2, 0) is 9.47 Å². The van der Waals surface area contributed by atoms with Gasteiger partial charge in [-0.15, -0.1) is 0 Å². The first kappa shape index (κ1) is 15.8. The average molecular weight is 288 g/mol. The molecule has 0 heterocycles. The van der Waals surface area contributed by atoms with Crippen molar-refractivity contribution in [2.24, 2.45) is 0 Å². The lowest BCUT2D eigenvalue weighted by Gasteiger charge is -2.26. The molecule has 106 valence electrons. The summed E-state index contributed by atoms with van der Waals surface area (Å²) in [5, 5.41) is 9.50. The molecule has 5 nitrogen and oxygen atoms in total. The molecular weight excluding hydrogens is 270 g/mol. The highest BCUT2D eigenvalue weighted by Crippen LogP contribution is 2.27. The molecule has 19 heavy (non-hydrogen) atoms. The fourth-order valence-corrected chi connectivity index (χ4v) is 1.99. The van der Waals surface area contributed by atoms with Crippen LogP contribution in [0, 0.1) is 0 Å². The number of carbonyl (C=O) groups is 1. The standard InChI is InChI=1S/C13H18ClNO4/c1-18-8-6-15(7-9-19-2)11-5-3-4-10(14)12(11)13(16)17/h3-5H,6-9H2,1-2H3,(H,16,17). The minimum absolute atomic E-state index is 0.108. The number of ether oxygens (including phenoxy) is 2. The quantitative estimate of drug-likeness (QED) is 0.794. The van der Waals surface area contributed by atoms with Gasteiger partial charge < -0.3 is 19.5 Å². The Morgan fingerprint density at radius 3 is 2.32 bits per heavy atom. The minimum Gasteiger partial charge on any atom is -0.478 e. The van der Waals surface area contributed by atoms with Gasteiger partial charge in [-0.05, 0) is 12.1 Å². The summed E-state index contributed by atoms with van der Waals surface area (Å²) in [7, 11) is 3.20. The lowest BCUT2D eigenvalue weighted by molar-refractivity contribution is 0.0697. The number of aromatic carboxylic acids is 1. The zero-order chi connectivity index (χ0) is 14.3. The molecule has 0 aromatic heterocycles. The predicted octanol–water partition coefficient (Wildman–Crippen LogP) is 2.14. The number of hydrogen-bond donors (Lipinski definition) is 1. The molecule has 0 spiro atoms. The number of carboxylic acid groups (broad SMARTS) is 1. The summed E-state index contributed by atoms with van der Waals surface area (Å²) in [6.45, 7) is 2.13.